The van der Waals surface area contributed by atoms with Gasteiger partial charge in [0.1, 0.15) is 6.04 Å². The third-order valence-electron chi connectivity index (χ3n) is 3.19. The number of amides is 1. The lowest BCUT2D eigenvalue weighted by atomic mass is 10.1. The van der Waals surface area contributed by atoms with Crippen molar-refractivity contribution in [1.29, 1.82) is 0 Å². The number of phenols is 1. The number of methoxy groups -OCH3 is 1. The van der Waals surface area contributed by atoms with Crippen LogP contribution < -0.4 is 15.8 Å². The Morgan fingerprint density at radius 1 is 1.39 bits per heavy atom. The summed E-state index contributed by atoms with van der Waals surface area (Å²) >= 11 is 0. The monoisotopic (exact) mass is 322 g/mol. The van der Waals surface area contributed by atoms with E-state index in [1.165, 1.54) is 19.3 Å². The van der Waals surface area contributed by atoms with Crippen LogP contribution in [0.25, 0.3) is 6.08 Å². The third-order valence-corrected chi connectivity index (χ3v) is 3.19. The number of unbranched alkanes of at least 4 members (excludes halogenated alkanes) is 1. The van der Waals surface area contributed by atoms with Crippen molar-refractivity contribution in [3.05, 3.63) is 29.8 Å². The first-order valence-corrected chi connectivity index (χ1v) is 7.25. The second kappa shape index (κ2) is 9.47. The topological polar surface area (TPSA) is 122 Å². The number of nitrogens with two attached hydrogens (primary N) is 1. The number of phenolic OH excluding ortho intramolecular Hbond substituents is 1. The Balaban J connectivity index is 2.32. The average Bonchev–Trinajstić information content (AvgIpc) is 2.53. The second-order valence-electron chi connectivity index (χ2n) is 5.00. The van der Waals surface area contributed by atoms with Crippen molar-refractivity contribution < 1.29 is 24.5 Å². The maximum absolute atomic E-state index is 11.6. The molecule has 23 heavy (non-hydrogen) atoms. The minimum atomic E-state index is -1.01. The smallest absolute Gasteiger partial charge is 0.320 e. The number of hydrogen-bond acceptors (Lipinski definition) is 5. The molecule has 0 aromatic heterocycles. The van der Waals surface area contributed by atoms with E-state index < -0.39 is 12.0 Å². The minimum absolute atomic E-state index is 0.0358. The Hall–Kier alpha value is -2.54. The molecule has 7 heteroatoms. The van der Waals surface area contributed by atoms with E-state index in [1.54, 1.807) is 18.2 Å². The first kappa shape index (κ1) is 18.5. The summed E-state index contributed by atoms with van der Waals surface area (Å²) in [6.07, 6.45) is 4.67. The highest BCUT2D eigenvalue weighted by Crippen LogP contribution is 2.26. The molecular weight excluding hydrogens is 300 g/mol. The van der Waals surface area contributed by atoms with E-state index in [2.05, 4.69) is 5.32 Å². The van der Waals surface area contributed by atoms with Crippen LogP contribution in [0.1, 0.15) is 24.8 Å². The van der Waals surface area contributed by atoms with E-state index in [9.17, 15) is 14.7 Å². The Morgan fingerprint density at radius 2 is 2.13 bits per heavy atom. The van der Waals surface area contributed by atoms with Crippen LogP contribution >= 0.6 is 0 Å². The van der Waals surface area contributed by atoms with Crippen LogP contribution in [-0.4, -0.2) is 41.8 Å². The molecule has 0 aliphatic carbocycles. The Bertz CT molecular complexity index is 572. The van der Waals surface area contributed by atoms with Crippen molar-refractivity contribution in [2.75, 3.05) is 13.7 Å². The van der Waals surface area contributed by atoms with Crippen LogP contribution in [0.4, 0.5) is 0 Å². The number of nitrogens with one attached hydrogen (secondary N) is 1. The van der Waals surface area contributed by atoms with E-state index >= 15 is 0 Å². The molecule has 0 aliphatic rings. The van der Waals surface area contributed by atoms with Crippen molar-refractivity contribution >= 4 is 18.0 Å². The Labute approximate surface area is 134 Å². The molecule has 7 nitrogen and oxygen atoms in total. The number of carboxylic acids is 1. The van der Waals surface area contributed by atoms with Crippen LogP contribution in [0, 0.1) is 0 Å². The average molecular weight is 322 g/mol. The van der Waals surface area contributed by atoms with Crippen LogP contribution in [-0.2, 0) is 9.59 Å². The highest BCUT2D eigenvalue weighted by Gasteiger charge is 2.09. The maximum Gasteiger partial charge on any atom is 0.320 e. The lowest BCUT2D eigenvalue weighted by Crippen LogP contribution is -2.30. The molecular formula is C16H22N2O5. The molecule has 0 aliphatic heterocycles. The number of ether oxygens (including phenoxy) is 1. The predicted molar refractivity (Wildman–Crippen MR) is 86.2 cm³/mol. The maximum atomic E-state index is 11.6. The van der Waals surface area contributed by atoms with Gasteiger partial charge in [0.05, 0.1) is 7.11 Å². The van der Waals surface area contributed by atoms with Crippen molar-refractivity contribution in [2.45, 2.75) is 25.3 Å². The summed E-state index contributed by atoms with van der Waals surface area (Å²) < 4.78 is 4.98. The van der Waals surface area contributed by atoms with Crippen molar-refractivity contribution in [1.82, 2.24) is 5.32 Å². The fraction of sp³-hybridized carbons (Fsp3) is 0.375. The van der Waals surface area contributed by atoms with E-state index in [-0.39, 0.29) is 11.7 Å². The van der Waals surface area contributed by atoms with Crippen LogP contribution in [0.15, 0.2) is 24.3 Å². The largest absolute Gasteiger partial charge is 0.504 e. The highest BCUT2D eigenvalue weighted by molar-refractivity contribution is 5.91. The molecule has 1 unspecified atom stereocenters. The molecule has 0 saturated carbocycles. The van der Waals surface area contributed by atoms with Gasteiger partial charge in [0.2, 0.25) is 5.91 Å². The summed E-state index contributed by atoms with van der Waals surface area (Å²) in [6, 6.07) is 3.92. The first-order valence-electron chi connectivity index (χ1n) is 7.25. The van der Waals surface area contributed by atoms with Gasteiger partial charge in [-0.05, 0) is 43.0 Å². The van der Waals surface area contributed by atoms with Gasteiger partial charge in [0.25, 0.3) is 0 Å². The molecule has 0 spiro atoms. The lowest BCUT2D eigenvalue weighted by molar-refractivity contribution is -0.138. The number of aromatic hydroxyl groups is 1. The van der Waals surface area contributed by atoms with Gasteiger partial charge in [-0.25, -0.2) is 0 Å². The zero-order valence-electron chi connectivity index (χ0n) is 13.0. The molecule has 5 N–H and O–H groups in total. The number of carbonyl (C=O) groups excluding carboxylic acids is 1. The summed E-state index contributed by atoms with van der Waals surface area (Å²) in [5.74, 6) is -0.892. The zero-order chi connectivity index (χ0) is 17.2. The molecule has 0 radical (unpaired) electrons. The van der Waals surface area contributed by atoms with E-state index in [0.29, 0.717) is 31.6 Å². The number of hydrogen-bond donors (Lipinski definition) is 4. The molecule has 1 rings (SSSR count). The molecule has 0 saturated heterocycles. The molecule has 1 aromatic rings. The quantitative estimate of drug-likeness (QED) is 0.399. The van der Waals surface area contributed by atoms with Crippen LogP contribution in [0.2, 0.25) is 0 Å². The lowest BCUT2D eigenvalue weighted by Gasteiger charge is -2.06. The number of benzene rings is 1. The SMILES string of the molecule is COc1cc(C=CC(=O)NCCCCC(N)C(=O)O)ccc1O. The van der Waals surface area contributed by atoms with Crippen LogP contribution in [0.5, 0.6) is 11.5 Å². The van der Waals surface area contributed by atoms with Gasteiger partial charge >= 0.3 is 5.97 Å². The van der Waals surface area contributed by atoms with E-state index in [4.69, 9.17) is 15.6 Å². The molecule has 126 valence electrons. The summed E-state index contributed by atoms with van der Waals surface area (Å²) in [5.41, 5.74) is 6.10. The van der Waals surface area contributed by atoms with Crippen LogP contribution in [0.3, 0.4) is 0 Å². The van der Waals surface area contributed by atoms with Gasteiger partial charge in [-0.2, -0.15) is 0 Å². The normalized spacial score (nSPS) is 12.1. The predicted octanol–water partition coefficient (Wildman–Crippen LogP) is 1.11. The highest BCUT2D eigenvalue weighted by atomic mass is 16.5. The molecule has 1 aromatic carbocycles. The number of rotatable bonds is 9. The van der Waals surface area contributed by atoms with Gasteiger partial charge in [0, 0.05) is 12.6 Å². The summed E-state index contributed by atoms with van der Waals surface area (Å²) in [4.78, 5) is 22.2. The Kier molecular flexibility index (Phi) is 7.62. The summed E-state index contributed by atoms with van der Waals surface area (Å²) in [7, 11) is 1.45. The molecule has 1 atom stereocenters. The molecule has 0 fully saturated rings. The van der Waals surface area contributed by atoms with Crippen molar-refractivity contribution in [3.63, 3.8) is 0 Å². The zero-order valence-corrected chi connectivity index (χ0v) is 13.0. The van der Waals surface area contributed by atoms with Crippen molar-refractivity contribution in [2.24, 2.45) is 5.73 Å². The van der Waals surface area contributed by atoms with Gasteiger partial charge in [-0.1, -0.05) is 6.07 Å². The first-order chi connectivity index (χ1) is 10.9. The van der Waals surface area contributed by atoms with Gasteiger partial charge < -0.3 is 26.0 Å². The standard InChI is InChI=1S/C16H22N2O5/c1-23-14-10-11(5-7-13(14)19)6-8-15(20)18-9-3-2-4-12(17)16(21)22/h5-8,10,12,19H,2-4,9,17H2,1H3,(H,18,20)(H,21,22). The summed E-state index contributed by atoms with van der Waals surface area (Å²) in [6.45, 7) is 0.453. The second-order valence-corrected chi connectivity index (χ2v) is 5.00. The molecule has 1 amide bonds. The molecule has 0 heterocycles. The van der Waals surface area contributed by atoms with Gasteiger partial charge in [-0.15, -0.1) is 0 Å². The fourth-order valence-electron chi connectivity index (χ4n) is 1.85. The molecule has 0 bridgehead atoms. The summed E-state index contributed by atoms with van der Waals surface area (Å²) in [5, 5.41) is 20.8. The van der Waals surface area contributed by atoms with Gasteiger partial charge in [0.15, 0.2) is 11.5 Å². The van der Waals surface area contributed by atoms with E-state index in [1.807, 2.05) is 0 Å². The minimum Gasteiger partial charge on any atom is -0.504 e. The number of carboxylic acid groups (broad SMARTS) is 1. The third kappa shape index (κ3) is 6.84. The van der Waals surface area contributed by atoms with Crippen molar-refractivity contribution in [3.8, 4) is 11.5 Å². The van der Waals surface area contributed by atoms with Gasteiger partial charge in [-0.3, -0.25) is 9.59 Å². The number of carbonyl (C=O) groups is 2. The number of aliphatic carboxylic acids is 1. The fourth-order valence-corrected chi connectivity index (χ4v) is 1.85. The Morgan fingerprint density at radius 3 is 2.78 bits per heavy atom. The van der Waals surface area contributed by atoms with E-state index in [0.717, 1.165) is 5.56 Å².